The van der Waals surface area contributed by atoms with Crippen LogP contribution in [-0.2, 0) is 4.74 Å². The molecule has 0 radical (unpaired) electrons. The second kappa shape index (κ2) is 6.16. The Morgan fingerprint density at radius 1 is 1.33 bits per heavy atom. The maximum Gasteiger partial charge on any atom is 0.146 e. The van der Waals surface area contributed by atoms with E-state index < -0.39 is 6.10 Å². The Bertz CT molecular complexity index is 376. The van der Waals surface area contributed by atoms with Crippen LogP contribution in [0.25, 0.3) is 0 Å². The molecule has 0 aliphatic rings. The molecular weight excluding hydrogens is 233 g/mol. The lowest BCUT2D eigenvalue weighted by atomic mass is 10.2. The van der Waals surface area contributed by atoms with E-state index in [1.807, 2.05) is 20.8 Å². The molecule has 0 aliphatic heterocycles. The van der Waals surface area contributed by atoms with E-state index in [1.165, 1.54) is 6.07 Å². The molecule has 18 heavy (non-hydrogen) atoms. The van der Waals surface area contributed by atoms with E-state index in [9.17, 15) is 9.50 Å². The monoisotopic (exact) mass is 255 g/mol. The van der Waals surface area contributed by atoms with Gasteiger partial charge in [-0.25, -0.2) is 4.39 Å². The molecule has 0 amide bonds. The van der Waals surface area contributed by atoms with Crippen LogP contribution in [-0.4, -0.2) is 37.0 Å². The second-order valence-corrected chi connectivity index (χ2v) is 5.41. The summed E-state index contributed by atoms with van der Waals surface area (Å²) in [6, 6.07) is 6.51. The maximum absolute atomic E-state index is 13.5. The van der Waals surface area contributed by atoms with Crippen molar-refractivity contribution in [2.24, 2.45) is 0 Å². The Balaban J connectivity index is 2.50. The molecule has 102 valence electrons. The lowest BCUT2D eigenvalue weighted by Crippen LogP contribution is -2.35. The third-order valence-electron chi connectivity index (χ3n) is 2.46. The molecule has 1 aromatic rings. The average molecular weight is 255 g/mol. The van der Waals surface area contributed by atoms with Crippen LogP contribution >= 0.6 is 0 Å². The fraction of sp³-hybridized carbons (Fsp3) is 0.571. The molecule has 0 bridgehead atoms. The van der Waals surface area contributed by atoms with Gasteiger partial charge in [-0.15, -0.1) is 0 Å². The zero-order valence-electron chi connectivity index (χ0n) is 11.5. The van der Waals surface area contributed by atoms with E-state index in [-0.39, 0.29) is 18.0 Å². The van der Waals surface area contributed by atoms with E-state index in [2.05, 4.69) is 0 Å². The molecule has 3 nitrogen and oxygen atoms in total. The van der Waals surface area contributed by atoms with Crippen molar-refractivity contribution in [3.05, 3.63) is 30.1 Å². The number of likely N-dealkylation sites (N-methyl/N-ethyl adjacent to an activating group) is 1. The highest BCUT2D eigenvalue weighted by atomic mass is 19.1. The van der Waals surface area contributed by atoms with Crippen LogP contribution in [0.1, 0.15) is 20.8 Å². The molecule has 1 aromatic carbocycles. The Morgan fingerprint density at radius 3 is 2.50 bits per heavy atom. The topological polar surface area (TPSA) is 32.7 Å². The molecule has 0 spiro atoms. The molecule has 4 heteroatoms. The van der Waals surface area contributed by atoms with Crippen LogP contribution in [0.15, 0.2) is 24.3 Å². The molecule has 0 saturated carbocycles. The third kappa shape index (κ3) is 5.02. The second-order valence-electron chi connectivity index (χ2n) is 5.41. The lowest BCUT2D eigenvalue weighted by molar-refractivity contribution is -0.0461. The molecule has 1 atom stereocenters. The van der Waals surface area contributed by atoms with E-state index in [0.717, 1.165) is 0 Å². The Kier molecular flexibility index (Phi) is 5.11. The van der Waals surface area contributed by atoms with Gasteiger partial charge in [-0.2, -0.15) is 0 Å². The van der Waals surface area contributed by atoms with Gasteiger partial charge in [-0.05, 0) is 32.9 Å². The SMILES string of the molecule is CN(CC(O)COC(C)(C)C)c1ccccc1F. The molecule has 0 heterocycles. The summed E-state index contributed by atoms with van der Waals surface area (Å²) in [5.41, 5.74) is 0.199. The number of hydrogen-bond acceptors (Lipinski definition) is 3. The number of ether oxygens (including phenoxy) is 1. The number of nitrogens with zero attached hydrogens (tertiary/aromatic N) is 1. The highest BCUT2D eigenvalue weighted by Gasteiger charge is 2.16. The number of para-hydroxylation sites is 1. The van der Waals surface area contributed by atoms with Crippen molar-refractivity contribution < 1.29 is 14.2 Å². The quantitative estimate of drug-likeness (QED) is 0.877. The van der Waals surface area contributed by atoms with Crippen LogP contribution in [0.4, 0.5) is 10.1 Å². The zero-order chi connectivity index (χ0) is 13.8. The highest BCUT2D eigenvalue weighted by Crippen LogP contribution is 2.17. The van der Waals surface area contributed by atoms with Gasteiger partial charge in [0.25, 0.3) is 0 Å². The minimum atomic E-state index is -0.645. The number of aliphatic hydroxyl groups excluding tert-OH is 1. The van der Waals surface area contributed by atoms with E-state index in [1.54, 1.807) is 30.1 Å². The van der Waals surface area contributed by atoms with Gasteiger partial charge in [-0.3, -0.25) is 0 Å². The van der Waals surface area contributed by atoms with Crippen molar-refractivity contribution in [2.75, 3.05) is 25.1 Å². The Hall–Kier alpha value is -1.13. The minimum Gasteiger partial charge on any atom is -0.389 e. The number of hydrogen-bond donors (Lipinski definition) is 1. The van der Waals surface area contributed by atoms with Crippen LogP contribution in [0.2, 0.25) is 0 Å². The third-order valence-corrected chi connectivity index (χ3v) is 2.46. The molecule has 0 aliphatic carbocycles. The number of rotatable bonds is 5. The van der Waals surface area contributed by atoms with Gasteiger partial charge in [0.1, 0.15) is 5.82 Å². The van der Waals surface area contributed by atoms with Crippen molar-refractivity contribution in [3.8, 4) is 0 Å². The molecule has 1 rings (SSSR count). The minimum absolute atomic E-state index is 0.238. The van der Waals surface area contributed by atoms with Gasteiger partial charge in [0, 0.05) is 13.6 Å². The van der Waals surface area contributed by atoms with Gasteiger partial charge >= 0.3 is 0 Å². The number of aliphatic hydroxyl groups is 1. The van der Waals surface area contributed by atoms with Gasteiger partial charge in [0.15, 0.2) is 0 Å². The van der Waals surface area contributed by atoms with Crippen LogP contribution in [0, 0.1) is 5.82 Å². The summed E-state index contributed by atoms with van der Waals surface area (Å²) in [6.07, 6.45) is -0.645. The molecule has 0 saturated heterocycles. The maximum atomic E-state index is 13.5. The normalized spacial score (nSPS) is 13.4. The summed E-state index contributed by atoms with van der Waals surface area (Å²) < 4.78 is 19.0. The van der Waals surface area contributed by atoms with Gasteiger partial charge in [0.05, 0.1) is 24.0 Å². The summed E-state index contributed by atoms with van der Waals surface area (Å²) in [4.78, 5) is 1.69. The lowest BCUT2D eigenvalue weighted by Gasteiger charge is -2.26. The first-order valence-electron chi connectivity index (χ1n) is 6.07. The van der Waals surface area contributed by atoms with Gasteiger partial charge in [-0.1, -0.05) is 12.1 Å². The number of anilines is 1. The van der Waals surface area contributed by atoms with Crippen molar-refractivity contribution in [1.29, 1.82) is 0 Å². The zero-order valence-corrected chi connectivity index (χ0v) is 11.5. The first kappa shape index (κ1) is 14.9. The van der Waals surface area contributed by atoms with Crippen molar-refractivity contribution in [1.82, 2.24) is 0 Å². The molecule has 0 fully saturated rings. The largest absolute Gasteiger partial charge is 0.389 e. The van der Waals surface area contributed by atoms with Crippen molar-refractivity contribution in [2.45, 2.75) is 32.5 Å². The van der Waals surface area contributed by atoms with Crippen molar-refractivity contribution >= 4 is 5.69 Å². The Morgan fingerprint density at radius 2 is 1.94 bits per heavy atom. The molecular formula is C14H22FNO2. The fourth-order valence-corrected chi connectivity index (χ4v) is 1.57. The Labute approximate surface area is 108 Å². The number of benzene rings is 1. The fourth-order valence-electron chi connectivity index (χ4n) is 1.57. The van der Waals surface area contributed by atoms with Gasteiger partial charge < -0.3 is 14.7 Å². The summed E-state index contributed by atoms with van der Waals surface area (Å²) in [7, 11) is 1.75. The molecule has 1 N–H and O–H groups in total. The van der Waals surface area contributed by atoms with Crippen molar-refractivity contribution in [3.63, 3.8) is 0 Å². The van der Waals surface area contributed by atoms with Gasteiger partial charge in [0.2, 0.25) is 0 Å². The predicted octanol–water partition coefficient (Wildman–Crippen LogP) is 2.44. The smallest absolute Gasteiger partial charge is 0.146 e. The average Bonchev–Trinajstić information content (AvgIpc) is 2.26. The standard InChI is InChI=1S/C14H22FNO2/c1-14(2,3)18-10-11(17)9-16(4)13-8-6-5-7-12(13)15/h5-8,11,17H,9-10H2,1-4H3. The summed E-state index contributed by atoms with van der Waals surface area (Å²) in [6.45, 7) is 6.36. The number of halogens is 1. The van der Waals surface area contributed by atoms with Crippen LogP contribution < -0.4 is 4.90 Å². The highest BCUT2D eigenvalue weighted by molar-refractivity contribution is 5.46. The van der Waals surface area contributed by atoms with E-state index in [0.29, 0.717) is 12.2 Å². The summed E-state index contributed by atoms with van der Waals surface area (Å²) in [5, 5.41) is 9.85. The molecule has 1 unspecified atom stereocenters. The predicted molar refractivity (Wildman–Crippen MR) is 71.4 cm³/mol. The summed E-state index contributed by atoms with van der Waals surface area (Å²) >= 11 is 0. The van der Waals surface area contributed by atoms with Crippen LogP contribution in [0.3, 0.4) is 0 Å². The molecule has 0 aromatic heterocycles. The van der Waals surface area contributed by atoms with Crippen LogP contribution in [0.5, 0.6) is 0 Å². The van der Waals surface area contributed by atoms with E-state index >= 15 is 0 Å². The first-order valence-corrected chi connectivity index (χ1v) is 6.07. The summed E-state index contributed by atoms with van der Waals surface area (Å²) in [5.74, 6) is -0.288. The first-order chi connectivity index (χ1) is 8.29. The van der Waals surface area contributed by atoms with E-state index in [4.69, 9.17) is 4.74 Å².